The van der Waals surface area contributed by atoms with Crippen LogP contribution in [0.3, 0.4) is 0 Å². The molecule has 1 amide bonds. The largest absolute Gasteiger partial charge is 0.507 e. The van der Waals surface area contributed by atoms with Crippen LogP contribution in [0.25, 0.3) is 22.1 Å². The lowest BCUT2D eigenvalue weighted by molar-refractivity contribution is 0.0699. The van der Waals surface area contributed by atoms with Crippen LogP contribution in [0.4, 0.5) is 13.8 Å². The van der Waals surface area contributed by atoms with E-state index in [0.717, 1.165) is 11.3 Å². The second-order valence-electron chi connectivity index (χ2n) is 6.50. The van der Waals surface area contributed by atoms with Crippen molar-refractivity contribution in [2.75, 3.05) is 5.32 Å². The SMILES string of the molecule is Cc1ccc(-c2csc(NC(=O)c3cc4occc4cc3O)c2C(=O)O)c(F)c1F. The summed E-state index contributed by atoms with van der Waals surface area (Å²) in [5.41, 5.74) is -0.358. The Bertz CT molecular complexity index is 1320. The highest BCUT2D eigenvalue weighted by molar-refractivity contribution is 7.15. The zero-order valence-corrected chi connectivity index (χ0v) is 16.1. The van der Waals surface area contributed by atoms with Gasteiger partial charge in [-0.2, -0.15) is 0 Å². The van der Waals surface area contributed by atoms with Gasteiger partial charge in [-0.25, -0.2) is 13.6 Å². The average Bonchev–Trinajstić information content (AvgIpc) is 3.32. The molecule has 0 unspecified atom stereocenters. The number of carboxylic acids is 1. The number of fused-ring (bicyclic) bond motifs is 1. The minimum Gasteiger partial charge on any atom is -0.507 e. The van der Waals surface area contributed by atoms with E-state index in [-0.39, 0.29) is 38.6 Å². The first-order valence-corrected chi connectivity index (χ1v) is 9.47. The quantitative estimate of drug-likeness (QED) is 0.403. The van der Waals surface area contributed by atoms with E-state index in [1.807, 2.05) is 0 Å². The molecule has 152 valence electrons. The van der Waals surface area contributed by atoms with Crippen molar-refractivity contribution >= 4 is 39.2 Å². The van der Waals surface area contributed by atoms with Gasteiger partial charge in [0.15, 0.2) is 11.6 Å². The van der Waals surface area contributed by atoms with Crippen molar-refractivity contribution in [1.29, 1.82) is 0 Å². The highest BCUT2D eigenvalue weighted by Crippen LogP contribution is 2.38. The Morgan fingerprint density at radius 2 is 1.87 bits per heavy atom. The molecule has 2 aromatic heterocycles. The van der Waals surface area contributed by atoms with Crippen LogP contribution < -0.4 is 5.32 Å². The number of thiophene rings is 1. The molecule has 30 heavy (non-hydrogen) atoms. The summed E-state index contributed by atoms with van der Waals surface area (Å²) in [5, 5.41) is 24.0. The van der Waals surface area contributed by atoms with E-state index in [2.05, 4.69) is 5.32 Å². The molecule has 4 rings (SSSR count). The molecule has 0 atom stereocenters. The van der Waals surface area contributed by atoms with Crippen molar-refractivity contribution in [1.82, 2.24) is 0 Å². The highest BCUT2D eigenvalue weighted by Gasteiger charge is 2.25. The first kappa shape index (κ1) is 19.6. The Kier molecular flexibility index (Phi) is 4.75. The first-order chi connectivity index (χ1) is 14.3. The molecule has 0 spiro atoms. The van der Waals surface area contributed by atoms with Crippen molar-refractivity contribution in [3.8, 4) is 16.9 Å². The van der Waals surface area contributed by atoms with Crippen molar-refractivity contribution in [3.05, 3.63) is 70.3 Å². The van der Waals surface area contributed by atoms with E-state index in [4.69, 9.17) is 4.42 Å². The summed E-state index contributed by atoms with van der Waals surface area (Å²) in [7, 11) is 0. The van der Waals surface area contributed by atoms with E-state index < -0.39 is 23.5 Å². The molecule has 6 nitrogen and oxygen atoms in total. The molecule has 0 saturated carbocycles. The standard InChI is InChI=1S/C21H13F2NO5S/c1-9-2-3-11(18(23)17(9)22)13-8-30-20(16(13)21(27)28)24-19(26)12-7-15-10(4-5-29-15)6-14(12)25/h2-8,25H,1H3,(H,24,26)(H,27,28). The smallest absolute Gasteiger partial charge is 0.339 e. The molecule has 0 bridgehead atoms. The zero-order chi connectivity index (χ0) is 21.6. The highest BCUT2D eigenvalue weighted by atomic mass is 32.1. The Labute approximate surface area is 172 Å². The second-order valence-corrected chi connectivity index (χ2v) is 7.38. The third kappa shape index (κ3) is 3.18. The number of furan rings is 1. The maximum absolute atomic E-state index is 14.4. The Balaban J connectivity index is 1.75. The van der Waals surface area contributed by atoms with Crippen molar-refractivity contribution in [2.24, 2.45) is 0 Å². The van der Waals surface area contributed by atoms with Gasteiger partial charge in [0.2, 0.25) is 0 Å². The monoisotopic (exact) mass is 429 g/mol. The van der Waals surface area contributed by atoms with Crippen LogP contribution in [-0.2, 0) is 0 Å². The number of phenolic OH excluding ortho intramolecular Hbond substituents is 1. The van der Waals surface area contributed by atoms with Crippen molar-refractivity contribution in [3.63, 3.8) is 0 Å². The number of aromatic hydroxyl groups is 1. The number of benzene rings is 2. The van der Waals surface area contributed by atoms with Gasteiger partial charge in [-0.3, -0.25) is 4.79 Å². The van der Waals surface area contributed by atoms with Crippen LogP contribution in [0.5, 0.6) is 5.75 Å². The maximum atomic E-state index is 14.4. The minimum absolute atomic E-state index is 0.0649. The van der Waals surface area contributed by atoms with Crippen LogP contribution in [0.15, 0.2) is 46.4 Å². The fraction of sp³-hybridized carbons (Fsp3) is 0.0476. The fourth-order valence-electron chi connectivity index (χ4n) is 3.06. The molecular weight excluding hydrogens is 416 g/mol. The molecule has 2 heterocycles. The molecule has 4 aromatic rings. The molecule has 0 aliphatic rings. The summed E-state index contributed by atoms with van der Waals surface area (Å²) >= 11 is 0.845. The Hall–Kier alpha value is -3.72. The summed E-state index contributed by atoms with van der Waals surface area (Å²) in [5.74, 6) is -4.77. The number of halogens is 2. The molecule has 0 aliphatic heterocycles. The summed E-state index contributed by atoms with van der Waals surface area (Å²) in [6.07, 6.45) is 1.40. The number of hydrogen-bond donors (Lipinski definition) is 3. The van der Waals surface area contributed by atoms with Crippen LogP contribution in [0.2, 0.25) is 0 Å². The summed E-state index contributed by atoms with van der Waals surface area (Å²) in [4.78, 5) is 24.5. The number of hydrogen-bond acceptors (Lipinski definition) is 5. The first-order valence-electron chi connectivity index (χ1n) is 8.59. The van der Waals surface area contributed by atoms with E-state index in [1.54, 1.807) is 6.07 Å². The number of anilines is 1. The number of carbonyl (C=O) groups is 2. The summed E-state index contributed by atoms with van der Waals surface area (Å²) in [6, 6.07) is 6.90. The van der Waals surface area contributed by atoms with E-state index in [1.165, 1.54) is 42.8 Å². The van der Waals surface area contributed by atoms with Gasteiger partial charge in [-0.05, 0) is 30.7 Å². The molecule has 2 aromatic carbocycles. The predicted octanol–water partition coefficient (Wildman–Crippen LogP) is 5.40. The molecule has 0 fully saturated rings. The zero-order valence-electron chi connectivity index (χ0n) is 15.3. The number of aryl methyl sites for hydroxylation is 1. The average molecular weight is 429 g/mol. The van der Waals surface area contributed by atoms with Gasteiger partial charge in [-0.15, -0.1) is 11.3 Å². The van der Waals surface area contributed by atoms with E-state index in [0.29, 0.717) is 11.0 Å². The molecule has 0 aliphatic carbocycles. The van der Waals surface area contributed by atoms with Gasteiger partial charge < -0.3 is 19.9 Å². The predicted molar refractivity (Wildman–Crippen MR) is 107 cm³/mol. The lowest BCUT2D eigenvalue weighted by Crippen LogP contribution is -2.14. The third-order valence-electron chi connectivity index (χ3n) is 4.61. The van der Waals surface area contributed by atoms with Gasteiger partial charge in [0.05, 0.1) is 11.8 Å². The van der Waals surface area contributed by atoms with Gasteiger partial charge in [0.25, 0.3) is 5.91 Å². The second kappa shape index (κ2) is 7.27. The number of rotatable bonds is 4. The lowest BCUT2D eigenvalue weighted by Gasteiger charge is -2.09. The van der Waals surface area contributed by atoms with E-state index in [9.17, 15) is 28.6 Å². The molecule has 0 saturated heterocycles. The number of nitrogens with one attached hydrogen (secondary N) is 1. The van der Waals surface area contributed by atoms with Crippen LogP contribution >= 0.6 is 11.3 Å². The van der Waals surface area contributed by atoms with Crippen LogP contribution in [0.1, 0.15) is 26.3 Å². The van der Waals surface area contributed by atoms with Gasteiger partial charge in [0, 0.05) is 21.9 Å². The summed E-state index contributed by atoms with van der Waals surface area (Å²) in [6.45, 7) is 1.39. The van der Waals surface area contributed by atoms with Gasteiger partial charge in [0.1, 0.15) is 21.9 Å². The Morgan fingerprint density at radius 3 is 2.60 bits per heavy atom. The molecule has 0 radical (unpaired) electrons. The normalized spacial score (nSPS) is 11.0. The van der Waals surface area contributed by atoms with Gasteiger partial charge >= 0.3 is 5.97 Å². The summed E-state index contributed by atoms with van der Waals surface area (Å²) < 4.78 is 33.6. The minimum atomic E-state index is -1.42. The number of carboxylic acid groups (broad SMARTS) is 1. The van der Waals surface area contributed by atoms with Crippen molar-refractivity contribution in [2.45, 2.75) is 6.92 Å². The maximum Gasteiger partial charge on any atom is 0.339 e. The number of phenols is 1. The molecule has 9 heteroatoms. The van der Waals surface area contributed by atoms with Crippen LogP contribution in [-0.4, -0.2) is 22.1 Å². The van der Waals surface area contributed by atoms with Gasteiger partial charge in [-0.1, -0.05) is 12.1 Å². The third-order valence-corrected chi connectivity index (χ3v) is 5.51. The number of amides is 1. The Morgan fingerprint density at radius 1 is 1.10 bits per heavy atom. The van der Waals surface area contributed by atoms with E-state index >= 15 is 0 Å². The number of aromatic carboxylic acids is 1. The molecule has 3 N–H and O–H groups in total. The topological polar surface area (TPSA) is 99.8 Å². The van der Waals surface area contributed by atoms with Crippen molar-refractivity contribution < 1.29 is 33.0 Å². The molecular formula is C21H13F2NO5S. The van der Waals surface area contributed by atoms with Crippen LogP contribution in [0, 0.1) is 18.6 Å². The lowest BCUT2D eigenvalue weighted by atomic mass is 10.0. The number of carbonyl (C=O) groups excluding carboxylic acids is 1. The fourth-order valence-corrected chi connectivity index (χ4v) is 4.01.